The molecule has 2 aliphatic carbocycles. The molecule has 2 aromatic carbocycles. The summed E-state index contributed by atoms with van der Waals surface area (Å²) in [5.41, 5.74) is -5.68. The third-order valence-electron chi connectivity index (χ3n) is 12.4. The second kappa shape index (κ2) is 19.9. The molecule has 28 heteroatoms. The Balaban J connectivity index is 1.43. The summed E-state index contributed by atoms with van der Waals surface area (Å²) in [5.74, 6) is -5.75. The van der Waals surface area contributed by atoms with Gasteiger partial charge in [-0.05, 0) is 95.4 Å². The van der Waals surface area contributed by atoms with E-state index in [0.29, 0.717) is 15.1 Å². The van der Waals surface area contributed by atoms with Crippen LogP contribution in [0.5, 0.6) is 0 Å². The summed E-state index contributed by atoms with van der Waals surface area (Å²) in [4.78, 5) is 32.8. The molecule has 0 saturated heterocycles. The highest BCUT2D eigenvalue weighted by atomic mass is 35.5. The third kappa shape index (κ3) is 11.7. The van der Waals surface area contributed by atoms with Gasteiger partial charge in [-0.25, -0.2) is 22.2 Å². The summed E-state index contributed by atoms with van der Waals surface area (Å²) in [6.07, 6.45) is -10.3. The zero-order valence-corrected chi connectivity index (χ0v) is 41.4. The lowest BCUT2D eigenvalue weighted by Crippen LogP contribution is -2.37. The Hall–Kier alpha value is -5.66. The fourth-order valence-corrected chi connectivity index (χ4v) is 9.10. The van der Waals surface area contributed by atoms with Crippen LogP contribution in [0, 0.1) is 29.4 Å². The topological polar surface area (TPSA) is 185 Å². The van der Waals surface area contributed by atoms with Gasteiger partial charge in [-0.3, -0.25) is 28.1 Å². The molecule has 1 amide bonds. The van der Waals surface area contributed by atoms with E-state index in [0.717, 1.165) is 18.4 Å². The normalized spacial score (nSPS) is 17.8. The van der Waals surface area contributed by atoms with Crippen LogP contribution in [0.2, 0.25) is 5.02 Å². The summed E-state index contributed by atoms with van der Waals surface area (Å²) >= 11 is 3.46. The Labute approximate surface area is 417 Å². The minimum absolute atomic E-state index is 0.212. The van der Waals surface area contributed by atoms with E-state index in [1.165, 1.54) is 49.9 Å². The fraction of sp³-hybridized carbons (Fsp3) is 0.444. The van der Waals surface area contributed by atoms with Gasteiger partial charge in [-0.15, -0.1) is 0 Å². The van der Waals surface area contributed by atoms with Gasteiger partial charge in [0, 0.05) is 51.6 Å². The van der Waals surface area contributed by atoms with Crippen LogP contribution in [0.15, 0.2) is 42.5 Å². The number of fused-ring (bicyclic) bond motifs is 4. The number of aromatic nitrogens is 5. The Kier molecular flexibility index (Phi) is 15.0. The maximum atomic E-state index is 15.6. The number of ether oxygens (including phenoxy) is 1. The first-order valence-corrected chi connectivity index (χ1v) is 24.9. The lowest BCUT2D eigenvalue weighted by atomic mass is 9.93. The molecule has 1 N–H and O–H groups in total. The number of likely N-dealkylation sites (N-methyl/N-ethyl adjacent to an activating group) is 1. The molecule has 15 nitrogen and oxygen atoms in total. The number of carbonyl (C=O) groups is 2. The van der Waals surface area contributed by atoms with E-state index in [-0.39, 0.29) is 43.9 Å². The lowest BCUT2D eigenvalue weighted by Gasteiger charge is -2.25. The molecule has 5 atom stereocenters. The van der Waals surface area contributed by atoms with E-state index in [2.05, 4.69) is 32.3 Å². The van der Waals surface area contributed by atoms with Crippen molar-refractivity contribution in [3.05, 3.63) is 98.7 Å². The van der Waals surface area contributed by atoms with Crippen LogP contribution in [0.3, 0.4) is 0 Å². The number of benzene rings is 2. The third-order valence-corrected chi connectivity index (χ3v) is 15.3. The fourth-order valence-electron chi connectivity index (χ4n) is 8.24. The second-order valence-electron chi connectivity index (χ2n) is 18.2. The Morgan fingerprint density at radius 1 is 1.03 bits per heavy atom. The van der Waals surface area contributed by atoms with Gasteiger partial charge in [0.15, 0.2) is 22.3 Å². The Morgan fingerprint density at radius 3 is 2.26 bits per heavy atom. The molecule has 2 aliphatic rings. The zero-order chi connectivity index (χ0) is 54.1. The van der Waals surface area contributed by atoms with Crippen LogP contribution in [-0.2, 0) is 73.6 Å². The number of amides is 1. The maximum absolute atomic E-state index is 15.6. The van der Waals surface area contributed by atoms with Crippen molar-refractivity contribution in [2.24, 2.45) is 5.92 Å². The predicted molar refractivity (Wildman–Crippen MR) is 241 cm³/mol. The van der Waals surface area contributed by atoms with Crippen LogP contribution in [0.25, 0.3) is 22.0 Å². The van der Waals surface area contributed by atoms with Crippen LogP contribution in [0.4, 0.5) is 43.9 Å². The number of pyridine rings is 1. The average molecular weight is 1100 g/mol. The summed E-state index contributed by atoms with van der Waals surface area (Å²) in [6.45, 7) is -0.911. The van der Waals surface area contributed by atoms with Crippen LogP contribution < -0.4 is 5.32 Å². The number of nitrogens with zero attached hydrogens (tertiary/aromatic N) is 7. The van der Waals surface area contributed by atoms with E-state index in [9.17, 15) is 61.9 Å². The van der Waals surface area contributed by atoms with Gasteiger partial charge < -0.3 is 14.6 Å². The lowest BCUT2D eigenvalue weighted by molar-refractivity contribution is -0.151. The smallest absolute Gasteiger partial charge is 0.435 e. The van der Waals surface area contributed by atoms with Crippen molar-refractivity contribution in [1.29, 1.82) is 0 Å². The first kappa shape index (κ1) is 55.1. The number of nitrogens with one attached hydrogen (secondary N) is 1. The number of sulfone groups is 1. The molecule has 0 radical (unpaired) electrons. The summed E-state index contributed by atoms with van der Waals surface area (Å²) < 4.78 is 202. The molecule has 3 heterocycles. The molecular weight excluding hydrogens is 1050 g/mol. The number of carbonyl (C=O) groups excluding carboxylic acids is 2. The average Bonchev–Trinajstić information content (AvgIpc) is 3.78. The van der Waals surface area contributed by atoms with Crippen molar-refractivity contribution in [3.8, 4) is 23.0 Å². The van der Waals surface area contributed by atoms with E-state index in [1.807, 2.05) is 0 Å². The summed E-state index contributed by atoms with van der Waals surface area (Å²) in [5, 5.41) is 9.38. The SMILES string of the molecule is CC(C(=O)OCN(Cc1nn(CC(F)(F)F)c2c(-c3ccc(C#CC(C)(C)S(C)(=O)=O)nc3C(Cc3cc(F)cc(F)c3)NC(=O)Cn3nc(C(F)(F)F)c4c3C(F)(F)[C@@H]3C[C@H]43)ccc(Cl)c12)S(=O)[O-])N(C)C. The number of esters is 1. The molecule has 0 spiro atoms. The van der Waals surface area contributed by atoms with Gasteiger partial charge in [0.05, 0.1) is 34.5 Å². The van der Waals surface area contributed by atoms with Gasteiger partial charge >= 0.3 is 18.3 Å². The van der Waals surface area contributed by atoms with E-state index < -0.39 is 158 Å². The Morgan fingerprint density at radius 2 is 1.67 bits per heavy atom. The highest BCUT2D eigenvalue weighted by molar-refractivity contribution is 7.92. The molecule has 5 aromatic rings. The predicted octanol–water partition coefficient (Wildman–Crippen LogP) is 7.34. The maximum Gasteiger partial charge on any atom is 0.435 e. The van der Waals surface area contributed by atoms with Crippen molar-refractivity contribution in [2.45, 2.75) is 94.3 Å². The molecular formula is C45H42ClF10N8O7S2-. The standard InChI is InChI=1S/C45H43ClF10N8O7S2/c1-22(61(4)5)41(66)71-21-62(72(67)68)18-33-36-31(46)10-9-28(38(36)64(59-33)20-43(49,50)51)27-8-7-26(11-12-42(2,3)73(6,69)70)57-37(27)32(15-23-13-24(47)16-25(48)14-23)58-34(65)19-63-40-35(39(60-63)45(54,55)56)29-17-30(29)44(40,52)53/h7-10,13-14,16,22,29-30,32H,15,17-21H2,1-6H3,(H,58,65)(H,67,68)/p-1/t22?,29-,30+,32?/m0/s1. The molecule has 0 aliphatic heterocycles. The van der Waals surface area contributed by atoms with Gasteiger partial charge in [0.2, 0.25) is 5.91 Å². The zero-order valence-electron chi connectivity index (χ0n) is 39.1. The van der Waals surface area contributed by atoms with E-state index >= 15 is 8.78 Å². The monoisotopic (exact) mass is 1100 g/mol. The van der Waals surface area contributed by atoms with Gasteiger partial charge in [0.1, 0.15) is 46.9 Å². The summed E-state index contributed by atoms with van der Waals surface area (Å²) in [7, 11) is -0.800. The molecule has 1 saturated carbocycles. The van der Waals surface area contributed by atoms with Gasteiger partial charge in [-0.1, -0.05) is 23.6 Å². The highest BCUT2D eigenvalue weighted by Crippen LogP contribution is 2.68. The van der Waals surface area contributed by atoms with Crippen molar-refractivity contribution in [3.63, 3.8) is 0 Å². The molecule has 0 bridgehead atoms. The minimum atomic E-state index is -5.21. The molecule has 394 valence electrons. The number of alkyl halides is 8. The number of hydrogen-bond acceptors (Lipinski definition) is 11. The van der Waals surface area contributed by atoms with Crippen LogP contribution >= 0.6 is 11.6 Å². The van der Waals surface area contributed by atoms with E-state index in [1.54, 1.807) is 14.1 Å². The highest BCUT2D eigenvalue weighted by Gasteiger charge is 2.68. The molecule has 1 fully saturated rings. The van der Waals surface area contributed by atoms with Crippen LogP contribution in [0.1, 0.15) is 78.7 Å². The molecule has 7 rings (SSSR count). The minimum Gasteiger partial charge on any atom is -0.759 e. The number of rotatable bonds is 16. The number of hydrogen-bond donors (Lipinski definition) is 1. The first-order chi connectivity index (χ1) is 33.7. The van der Waals surface area contributed by atoms with Crippen molar-refractivity contribution in [1.82, 2.24) is 39.1 Å². The van der Waals surface area contributed by atoms with Crippen molar-refractivity contribution >= 4 is 55.5 Å². The van der Waals surface area contributed by atoms with Crippen LogP contribution in [-0.4, -0.2) is 107 Å². The summed E-state index contributed by atoms with van der Waals surface area (Å²) in [6, 6.07) is 4.36. The van der Waals surface area contributed by atoms with Crippen molar-refractivity contribution < 1.29 is 75.4 Å². The molecule has 3 unspecified atom stereocenters. The first-order valence-electron chi connectivity index (χ1n) is 21.6. The Bertz CT molecular complexity index is 3200. The second-order valence-corrected chi connectivity index (χ2v) is 22.2. The molecule has 73 heavy (non-hydrogen) atoms. The van der Waals surface area contributed by atoms with E-state index in [4.69, 9.17) is 16.3 Å². The van der Waals surface area contributed by atoms with Gasteiger partial charge in [-0.2, -0.15) is 49.6 Å². The van der Waals surface area contributed by atoms with Gasteiger partial charge in [0.25, 0.3) is 5.92 Å². The largest absolute Gasteiger partial charge is 0.759 e. The quantitative estimate of drug-likeness (QED) is 0.0343. The number of halogens is 11. The van der Waals surface area contributed by atoms with Crippen molar-refractivity contribution in [2.75, 3.05) is 27.1 Å². The molecule has 3 aromatic heterocycles.